The van der Waals surface area contributed by atoms with Gasteiger partial charge < -0.3 is 5.32 Å². The Morgan fingerprint density at radius 2 is 2.00 bits per heavy atom. The Bertz CT molecular complexity index is 608. The first-order chi connectivity index (χ1) is 10.1. The van der Waals surface area contributed by atoms with Crippen LogP contribution in [0.4, 0.5) is 0 Å². The molecule has 21 heavy (non-hydrogen) atoms. The van der Waals surface area contributed by atoms with E-state index >= 15 is 0 Å². The minimum Gasteiger partial charge on any atom is -0.305 e. The number of rotatable bonds is 6. The molecule has 0 amide bonds. The lowest BCUT2D eigenvalue weighted by molar-refractivity contribution is 0.553. The van der Waals surface area contributed by atoms with Gasteiger partial charge in [0.25, 0.3) is 0 Å². The molecule has 1 aromatic carbocycles. The van der Waals surface area contributed by atoms with Crippen molar-refractivity contribution in [3.63, 3.8) is 0 Å². The molecule has 0 saturated carbocycles. The first kappa shape index (κ1) is 16.3. The maximum absolute atomic E-state index is 6.38. The van der Waals surface area contributed by atoms with E-state index in [9.17, 15) is 0 Å². The van der Waals surface area contributed by atoms with Crippen molar-refractivity contribution in [2.75, 3.05) is 6.54 Å². The zero-order valence-electron chi connectivity index (χ0n) is 12.7. The van der Waals surface area contributed by atoms with Crippen LogP contribution in [0.1, 0.15) is 43.3 Å². The highest BCUT2D eigenvalue weighted by molar-refractivity contribution is 6.33. The fourth-order valence-corrected chi connectivity index (χ4v) is 2.79. The lowest BCUT2D eigenvalue weighted by atomic mass is 10.0. The molecule has 0 fully saturated rings. The Morgan fingerprint density at radius 1 is 1.24 bits per heavy atom. The van der Waals surface area contributed by atoms with Crippen LogP contribution in [0.3, 0.4) is 0 Å². The van der Waals surface area contributed by atoms with Crippen LogP contribution in [0.5, 0.6) is 0 Å². The van der Waals surface area contributed by atoms with Crippen LogP contribution in [-0.2, 0) is 13.5 Å². The monoisotopic (exact) mass is 325 g/mol. The molecule has 2 rings (SSSR count). The summed E-state index contributed by atoms with van der Waals surface area (Å²) in [5.74, 6) is 0. The summed E-state index contributed by atoms with van der Waals surface area (Å²) in [6.07, 6.45) is 1.96. The summed E-state index contributed by atoms with van der Waals surface area (Å²) in [4.78, 5) is 0. The predicted octanol–water partition coefficient (Wildman–Crippen LogP) is 4.38. The van der Waals surface area contributed by atoms with Crippen molar-refractivity contribution in [3.05, 3.63) is 51.3 Å². The van der Waals surface area contributed by atoms with Crippen molar-refractivity contribution in [1.29, 1.82) is 0 Å². The molecule has 1 aromatic heterocycles. The van der Waals surface area contributed by atoms with Crippen LogP contribution >= 0.6 is 23.2 Å². The van der Waals surface area contributed by atoms with E-state index in [1.54, 1.807) is 0 Å². The van der Waals surface area contributed by atoms with E-state index in [2.05, 4.69) is 30.3 Å². The van der Waals surface area contributed by atoms with Gasteiger partial charge in [-0.1, -0.05) is 37.0 Å². The van der Waals surface area contributed by atoms with Crippen LogP contribution in [0.15, 0.2) is 24.3 Å². The van der Waals surface area contributed by atoms with Gasteiger partial charge in [0.15, 0.2) is 0 Å². The molecule has 114 valence electrons. The molecule has 1 heterocycles. The molecule has 0 aliphatic carbocycles. The van der Waals surface area contributed by atoms with Gasteiger partial charge in [-0.3, -0.25) is 4.68 Å². The van der Waals surface area contributed by atoms with Crippen molar-refractivity contribution in [2.45, 2.75) is 32.7 Å². The minimum absolute atomic E-state index is 0.00560. The van der Waals surface area contributed by atoms with Gasteiger partial charge in [0.2, 0.25) is 0 Å². The summed E-state index contributed by atoms with van der Waals surface area (Å²) in [6, 6.07) is 7.71. The van der Waals surface area contributed by atoms with Gasteiger partial charge in [0, 0.05) is 17.1 Å². The average Bonchev–Trinajstić information content (AvgIpc) is 2.84. The lowest BCUT2D eigenvalue weighted by Crippen LogP contribution is -2.25. The highest BCUT2D eigenvalue weighted by Gasteiger charge is 2.20. The third kappa shape index (κ3) is 3.79. The Morgan fingerprint density at radius 3 is 2.62 bits per heavy atom. The minimum atomic E-state index is -0.00560. The molecule has 0 radical (unpaired) electrons. The van der Waals surface area contributed by atoms with Crippen molar-refractivity contribution in [1.82, 2.24) is 15.1 Å². The number of nitrogens with zero attached hydrogens (tertiary/aromatic N) is 2. The van der Waals surface area contributed by atoms with Crippen LogP contribution in [0, 0.1) is 0 Å². The fourth-order valence-electron chi connectivity index (χ4n) is 2.38. The SMILES string of the molecule is CCCNC(c1cc(Cl)ccc1Cl)c1cc(CC)nn1C. The molecule has 1 N–H and O–H groups in total. The van der Waals surface area contributed by atoms with Crippen molar-refractivity contribution in [3.8, 4) is 0 Å². The van der Waals surface area contributed by atoms with Crippen LogP contribution in [0.2, 0.25) is 10.0 Å². The Labute approximate surface area is 136 Å². The summed E-state index contributed by atoms with van der Waals surface area (Å²) in [5, 5.41) is 9.49. The van der Waals surface area contributed by atoms with Gasteiger partial charge >= 0.3 is 0 Å². The smallest absolute Gasteiger partial charge is 0.0763 e. The predicted molar refractivity (Wildman–Crippen MR) is 89.2 cm³/mol. The second kappa shape index (κ2) is 7.30. The largest absolute Gasteiger partial charge is 0.305 e. The van der Waals surface area contributed by atoms with Crippen LogP contribution in [-0.4, -0.2) is 16.3 Å². The fraction of sp³-hybridized carbons (Fsp3) is 0.438. The molecule has 0 spiro atoms. The molecule has 5 heteroatoms. The first-order valence-corrected chi connectivity index (χ1v) is 8.03. The average molecular weight is 326 g/mol. The summed E-state index contributed by atoms with van der Waals surface area (Å²) < 4.78 is 1.92. The molecule has 0 saturated heterocycles. The quantitative estimate of drug-likeness (QED) is 0.854. The topological polar surface area (TPSA) is 29.9 Å². The zero-order chi connectivity index (χ0) is 15.4. The summed E-state index contributed by atoms with van der Waals surface area (Å²) in [7, 11) is 1.97. The maximum atomic E-state index is 6.38. The molecule has 0 bridgehead atoms. The Balaban J connectivity index is 2.46. The van der Waals surface area contributed by atoms with E-state index < -0.39 is 0 Å². The van der Waals surface area contributed by atoms with Crippen LogP contribution < -0.4 is 5.32 Å². The Hall–Kier alpha value is -1.03. The normalized spacial score (nSPS) is 12.6. The molecule has 0 aliphatic rings. The van der Waals surface area contributed by atoms with Crippen LogP contribution in [0.25, 0.3) is 0 Å². The molecule has 1 atom stereocenters. The Kier molecular flexibility index (Phi) is 5.68. The van der Waals surface area contributed by atoms with Gasteiger partial charge in [-0.2, -0.15) is 5.10 Å². The number of benzene rings is 1. The van der Waals surface area contributed by atoms with E-state index in [0.717, 1.165) is 36.3 Å². The van der Waals surface area contributed by atoms with Gasteiger partial charge in [0.05, 0.1) is 17.4 Å². The summed E-state index contributed by atoms with van der Waals surface area (Å²) in [5.41, 5.74) is 3.17. The van der Waals surface area contributed by atoms with E-state index in [-0.39, 0.29) is 6.04 Å². The number of aromatic nitrogens is 2. The standard InChI is InChI=1S/C16H21Cl2N3/c1-4-8-19-16(13-9-11(17)6-7-14(13)18)15-10-12(5-2)20-21(15)3/h6-7,9-10,16,19H,4-5,8H2,1-3H3. The zero-order valence-corrected chi connectivity index (χ0v) is 14.2. The van der Waals surface area contributed by atoms with Crippen molar-refractivity contribution >= 4 is 23.2 Å². The molecule has 1 unspecified atom stereocenters. The number of nitrogens with one attached hydrogen (secondary N) is 1. The van der Waals surface area contributed by atoms with Crippen molar-refractivity contribution in [2.24, 2.45) is 7.05 Å². The van der Waals surface area contributed by atoms with Gasteiger partial charge in [-0.05, 0) is 49.2 Å². The van der Waals surface area contributed by atoms with Gasteiger partial charge in [0.1, 0.15) is 0 Å². The van der Waals surface area contributed by atoms with Crippen molar-refractivity contribution < 1.29 is 0 Å². The molecule has 2 aromatic rings. The van der Waals surface area contributed by atoms with E-state index in [4.69, 9.17) is 23.2 Å². The summed E-state index contributed by atoms with van der Waals surface area (Å²) >= 11 is 12.5. The first-order valence-electron chi connectivity index (χ1n) is 7.28. The summed E-state index contributed by atoms with van der Waals surface area (Å²) in [6.45, 7) is 5.15. The van der Waals surface area contributed by atoms with E-state index in [0.29, 0.717) is 10.0 Å². The highest BCUT2D eigenvalue weighted by atomic mass is 35.5. The third-order valence-electron chi connectivity index (χ3n) is 3.49. The van der Waals surface area contributed by atoms with Gasteiger partial charge in [-0.25, -0.2) is 0 Å². The van der Waals surface area contributed by atoms with E-state index in [1.807, 2.05) is 29.9 Å². The highest BCUT2D eigenvalue weighted by Crippen LogP contribution is 2.31. The second-order valence-corrected chi connectivity index (χ2v) is 5.93. The van der Waals surface area contributed by atoms with E-state index in [1.165, 1.54) is 0 Å². The number of halogens is 2. The number of hydrogen-bond donors (Lipinski definition) is 1. The molecule has 0 aliphatic heterocycles. The third-order valence-corrected chi connectivity index (χ3v) is 4.07. The second-order valence-electron chi connectivity index (χ2n) is 5.09. The number of aryl methyl sites for hydroxylation is 2. The maximum Gasteiger partial charge on any atom is 0.0763 e. The van der Waals surface area contributed by atoms with Gasteiger partial charge in [-0.15, -0.1) is 0 Å². The molecular weight excluding hydrogens is 305 g/mol. The molecular formula is C16H21Cl2N3. The molecule has 3 nitrogen and oxygen atoms in total. The number of hydrogen-bond acceptors (Lipinski definition) is 2. The lowest BCUT2D eigenvalue weighted by Gasteiger charge is -2.20.